The number of unbranched alkanes of at least 4 members (excludes halogenated alkanes) is 2. The van der Waals surface area contributed by atoms with Crippen molar-refractivity contribution in [3.8, 4) is 5.75 Å². The summed E-state index contributed by atoms with van der Waals surface area (Å²) >= 11 is 0. The lowest BCUT2D eigenvalue weighted by Gasteiger charge is -2.07. The predicted molar refractivity (Wildman–Crippen MR) is 68.6 cm³/mol. The standard InChI is InChI=1S/C12H21N3O3/c13-5-4-8-18-11-9-12(17)15(14-10-11)6-2-1-3-7-16/h9-10,16H,1-8,13H2. The maximum Gasteiger partial charge on any atom is 0.270 e. The van der Waals surface area contributed by atoms with Gasteiger partial charge < -0.3 is 15.6 Å². The Kier molecular flexibility index (Phi) is 7.05. The van der Waals surface area contributed by atoms with Gasteiger partial charge in [0.1, 0.15) is 5.75 Å². The fourth-order valence-electron chi connectivity index (χ4n) is 1.49. The molecule has 0 radical (unpaired) electrons. The van der Waals surface area contributed by atoms with Crippen LogP contribution in [0.3, 0.4) is 0 Å². The molecule has 0 saturated heterocycles. The van der Waals surface area contributed by atoms with E-state index >= 15 is 0 Å². The lowest BCUT2D eigenvalue weighted by atomic mass is 10.2. The van der Waals surface area contributed by atoms with Gasteiger partial charge in [-0.25, -0.2) is 4.68 Å². The number of aliphatic hydroxyl groups is 1. The van der Waals surface area contributed by atoms with Crippen molar-refractivity contribution in [2.45, 2.75) is 32.2 Å². The first-order valence-corrected chi connectivity index (χ1v) is 6.29. The Hall–Kier alpha value is -1.40. The molecule has 1 rings (SSSR count). The summed E-state index contributed by atoms with van der Waals surface area (Å²) in [6.45, 7) is 1.83. The number of hydrogen-bond donors (Lipinski definition) is 2. The van der Waals surface area contributed by atoms with Crippen molar-refractivity contribution < 1.29 is 9.84 Å². The highest BCUT2D eigenvalue weighted by Crippen LogP contribution is 2.04. The van der Waals surface area contributed by atoms with E-state index in [0.717, 1.165) is 25.7 Å². The molecule has 1 heterocycles. The average molecular weight is 255 g/mol. The summed E-state index contributed by atoms with van der Waals surface area (Å²) in [5, 5.41) is 12.7. The van der Waals surface area contributed by atoms with Crippen molar-refractivity contribution in [2.24, 2.45) is 5.73 Å². The molecule has 0 spiro atoms. The largest absolute Gasteiger partial charge is 0.492 e. The first-order valence-electron chi connectivity index (χ1n) is 6.29. The monoisotopic (exact) mass is 255 g/mol. The second-order valence-corrected chi connectivity index (χ2v) is 4.03. The molecule has 0 amide bonds. The van der Waals surface area contributed by atoms with Crippen LogP contribution < -0.4 is 16.0 Å². The van der Waals surface area contributed by atoms with Gasteiger partial charge in [0.2, 0.25) is 0 Å². The van der Waals surface area contributed by atoms with E-state index in [4.69, 9.17) is 15.6 Å². The van der Waals surface area contributed by atoms with Crippen LogP contribution in [0.25, 0.3) is 0 Å². The normalized spacial score (nSPS) is 10.6. The summed E-state index contributed by atoms with van der Waals surface area (Å²) in [6, 6.07) is 1.44. The van der Waals surface area contributed by atoms with Crippen molar-refractivity contribution in [1.29, 1.82) is 0 Å². The van der Waals surface area contributed by atoms with Gasteiger partial charge in [-0.3, -0.25) is 4.79 Å². The Morgan fingerprint density at radius 2 is 2.17 bits per heavy atom. The molecule has 0 bridgehead atoms. The predicted octanol–water partition coefficient (Wildman–Crippen LogP) is 0.133. The minimum absolute atomic E-state index is 0.163. The molecule has 0 aliphatic heterocycles. The summed E-state index contributed by atoms with van der Waals surface area (Å²) in [5.41, 5.74) is 5.18. The van der Waals surface area contributed by atoms with Gasteiger partial charge in [0.25, 0.3) is 5.56 Å². The van der Waals surface area contributed by atoms with Gasteiger partial charge >= 0.3 is 0 Å². The van der Waals surface area contributed by atoms with E-state index in [-0.39, 0.29) is 12.2 Å². The zero-order chi connectivity index (χ0) is 13.2. The van der Waals surface area contributed by atoms with Crippen molar-refractivity contribution in [1.82, 2.24) is 9.78 Å². The van der Waals surface area contributed by atoms with Crippen molar-refractivity contribution in [3.63, 3.8) is 0 Å². The molecular weight excluding hydrogens is 234 g/mol. The van der Waals surface area contributed by atoms with Gasteiger partial charge in [0.05, 0.1) is 12.8 Å². The molecule has 1 aromatic rings. The highest BCUT2D eigenvalue weighted by atomic mass is 16.5. The third-order valence-corrected chi connectivity index (χ3v) is 2.49. The van der Waals surface area contributed by atoms with Crippen LogP contribution in [0.15, 0.2) is 17.1 Å². The van der Waals surface area contributed by atoms with Gasteiger partial charge in [-0.2, -0.15) is 5.10 Å². The summed E-state index contributed by atoms with van der Waals surface area (Å²) in [5.74, 6) is 0.486. The van der Waals surface area contributed by atoms with Gasteiger partial charge in [0.15, 0.2) is 0 Å². The van der Waals surface area contributed by atoms with E-state index in [1.54, 1.807) is 6.20 Å². The molecule has 0 aliphatic carbocycles. The molecule has 6 heteroatoms. The molecule has 0 saturated carbocycles. The van der Waals surface area contributed by atoms with Gasteiger partial charge in [0, 0.05) is 19.2 Å². The summed E-state index contributed by atoms with van der Waals surface area (Å²) in [6.07, 6.45) is 4.78. The van der Waals surface area contributed by atoms with E-state index in [0.29, 0.717) is 25.4 Å². The van der Waals surface area contributed by atoms with Crippen LogP contribution in [-0.2, 0) is 6.54 Å². The fourth-order valence-corrected chi connectivity index (χ4v) is 1.49. The molecule has 102 valence electrons. The third kappa shape index (κ3) is 5.29. The number of ether oxygens (including phenoxy) is 1. The third-order valence-electron chi connectivity index (χ3n) is 2.49. The number of rotatable bonds is 9. The minimum Gasteiger partial charge on any atom is -0.492 e. The fraction of sp³-hybridized carbons (Fsp3) is 0.667. The molecule has 1 aromatic heterocycles. The zero-order valence-corrected chi connectivity index (χ0v) is 10.5. The number of nitrogens with two attached hydrogens (primary N) is 1. The van der Waals surface area contributed by atoms with Crippen LogP contribution in [0, 0.1) is 0 Å². The maximum absolute atomic E-state index is 11.7. The van der Waals surface area contributed by atoms with Crippen molar-refractivity contribution in [3.05, 3.63) is 22.6 Å². The van der Waals surface area contributed by atoms with Gasteiger partial charge in [-0.15, -0.1) is 0 Å². The molecule has 3 N–H and O–H groups in total. The SMILES string of the molecule is NCCCOc1cnn(CCCCCO)c(=O)c1. The lowest BCUT2D eigenvalue weighted by molar-refractivity contribution is 0.281. The quantitative estimate of drug-likeness (QED) is 0.612. The molecule has 18 heavy (non-hydrogen) atoms. The average Bonchev–Trinajstić information content (AvgIpc) is 2.37. The molecule has 0 fully saturated rings. The number of nitrogens with zero attached hydrogens (tertiary/aromatic N) is 2. The summed E-state index contributed by atoms with van der Waals surface area (Å²) in [7, 11) is 0. The molecule has 0 aromatic carbocycles. The highest BCUT2D eigenvalue weighted by molar-refractivity contribution is 5.13. The minimum atomic E-state index is -0.163. The van der Waals surface area contributed by atoms with Crippen LogP contribution in [0.5, 0.6) is 5.75 Å². The second kappa shape index (κ2) is 8.66. The second-order valence-electron chi connectivity index (χ2n) is 4.03. The molecular formula is C12H21N3O3. The topological polar surface area (TPSA) is 90.4 Å². The Bertz CT molecular complexity index is 392. The Morgan fingerprint density at radius 3 is 2.83 bits per heavy atom. The lowest BCUT2D eigenvalue weighted by Crippen LogP contribution is -2.22. The van der Waals surface area contributed by atoms with Crippen molar-refractivity contribution >= 4 is 0 Å². The van der Waals surface area contributed by atoms with Crippen LogP contribution in [-0.4, -0.2) is 34.6 Å². The number of aryl methyl sites for hydroxylation is 1. The highest BCUT2D eigenvalue weighted by Gasteiger charge is 2.01. The number of aliphatic hydroxyl groups excluding tert-OH is 1. The first kappa shape index (κ1) is 14.7. The number of hydrogen-bond acceptors (Lipinski definition) is 5. The number of aromatic nitrogens is 2. The van der Waals surface area contributed by atoms with E-state index in [1.165, 1.54) is 10.7 Å². The van der Waals surface area contributed by atoms with Crippen LogP contribution in [0.4, 0.5) is 0 Å². The van der Waals surface area contributed by atoms with E-state index in [9.17, 15) is 4.79 Å². The summed E-state index contributed by atoms with van der Waals surface area (Å²) < 4.78 is 6.75. The van der Waals surface area contributed by atoms with Gasteiger partial charge in [-0.05, 0) is 32.2 Å². The van der Waals surface area contributed by atoms with Gasteiger partial charge in [-0.1, -0.05) is 0 Å². The maximum atomic E-state index is 11.7. The molecule has 0 aliphatic rings. The van der Waals surface area contributed by atoms with Crippen LogP contribution in [0.1, 0.15) is 25.7 Å². The Balaban J connectivity index is 2.44. The summed E-state index contributed by atoms with van der Waals surface area (Å²) in [4.78, 5) is 11.7. The smallest absolute Gasteiger partial charge is 0.270 e. The van der Waals surface area contributed by atoms with E-state index in [2.05, 4.69) is 5.10 Å². The Labute approximate surface area is 106 Å². The van der Waals surface area contributed by atoms with E-state index in [1.807, 2.05) is 0 Å². The van der Waals surface area contributed by atoms with E-state index < -0.39 is 0 Å². The Morgan fingerprint density at radius 1 is 1.33 bits per heavy atom. The van der Waals surface area contributed by atoms with Crippen LogP contribution in [0.2, 0.25) is 0 Å². The molecule has 6 nitrogen and oxygen atoms in total. The zero-order valence-electron chi connectivity index (χ0n) is 10.5. The molecule has 0 atom stereocenters. The molecule has 0 unspecified atom stereocenters. The van der Waals surface area contributed by atoms with Crippen molar-refractivity contribution in [2.75, 3.05) is 19.8 Å². The van der Waals surface area contributed by atoms with Crippen LogP contribution >= 0.6 is 0 Å². The first-order chi connectivity index (χ1) is 8.77.